The average molecular weight is 448 g/mol. The summed E-state index contributed by atoms with van der Waals surface area (Å²) in [7, 11) is 0. The Morgan fingerprint density at radius 1 is 1.19 bits per heavy atom. The number of rotatable bonds is 5. The van der Waals surface area contributed by atoms with Crippen LogP contribution in [-0.4, -0.2) is 30.9 Å². The molecular formula is C25H22ClN3O3. The predicted octanol–water partition coefficient (Wildman–Crippen LogP) is 4.57. The number of benzene rings is 2. The summed E-state index contributed by atoms with van der Waals surface area (Å²) >= 11 is 6.30. The van der Waals surface area contributed by atoms with Gasteiger partial charge in [0.15, 0.2) is 0 Å². The molecule has 3 N–H and O–H groups in total. The lowest BCUT2D eigenvalue weighted by atomic mass is 10.1. The van der Waals surface area contributed by atoms with Gasteiger partial charge in [-0.25, -0.2) is 0 Å². The van der Waals surface area contributed by atoms with Crippen LogP contribution < -0.4 is 16.0 Å². The molecule has 162 valence electrons. The second-order valence-electron chi connectivity index (χ2n) is 7.96. The summed E-state index contributed by atoms with van der Waals surface area (Å²) < 4.78 is 5.97. The zero-order valence-electron chi connectivity index (χ0n) is 17.3. The molecule has 2 aliphatic rings. The van der Waals surface area contributed by atoms with E-state index < -0.39 is 0 Å². The van der Waals surface area contributed by atoms with Crippen molar-refractivity contribution >= 4 is 40.8 Å². The third-order valence-electron chi connectivity index (χ3n) is 5.79. The van der Waals surface area contributed by atoms with Gasteiger partial charge in [0.25, 0.3) is 11.8 Å². The molecule has 0 aliphatic carbocycles. The number of para-hydroxylation sites is 1. The molecule has 2 aromatic carbocycles. The van der Waals surface area contributed by atoms with E-state index >= 15 is 0 Å². The van der Waals surface area contributed by atoms with Crippen molar-refractivity contribution in [3.8, 4) is 11.3 Å². The quantitative estimate of drug-likeness (QED) is 0.500. The number of furan rings is 1. The molecule has 1 unspecified atom stereocenters. The van der Waals surface area contributed by atoms with Gasteiger partial charge in [-0.15, -0.1) is 0 Å². The van der Waals surface area contributed by atoms with Crippen molar-refractivity contribution < 1.29 is 14.0 Å². The van der Waals surface area contributed by atoms with Gasteiger partial charge in [0.05, 0.1) is 16.2 Å². The van der Waals surface area contributed by atoms with Crippen molar-refractivity contribution in [2.45, 2.75) is 18.9 Å². The topological polar surface area (TPSA) is 83.4 Å². The van der Waals surface area contributed by atoms with Gasteiger partial charge in [-0.2, -0.15) is 0 Å². The predicted molar refractivity (Wildman–Crippen MR) is 125 cm³/mol. The Hall–Kier alpha value is -3.35. The van der Waals surface area contributed by atoms with Crippen LogP contribution in [0.25, 0.3) is 23.0 Å². The van der Waals surface area contributed by atoms with Crippen LogP contribution in [0.4, 0.5) is 5.69 Å². The molecule has 0 radical (unpaired) electrons. The minimum atomic E-state index is -0.210. The van der Waals surface area contributed by atoms with Crippen LogP contribution in [0, 0.1) is 0 Å². The maximum absolute atomic E-state index is 12.7. The SMILES string of the molecule is O=C1Nc2ccccc2C1=Cc1ccc(-c2ccc(Cl)c(C(=O)NCC3CCCN3)c2)o1. The van der Waals surface area contributed by atoms with Crippen LogP contribution >= 0.6 is 11.6 Å². The number of hydrogen-bond donors (Lipinski definition) is 3. The second kappa shape index (κ2) is 8.65. The Bertz CT molecular complexity index is 1220. The van der Waals surface area contributed by atoms with Gasteiger partial charge in [-0.1, -0.05) is 29.8 Å². The normalized spacial score (nSPS) is 18.6. The van der Waals surface area contributed by atoms with Crippen molar-refractivity contribution in [3.63, 3.8) is 0 Å². The standard InChI is InChI=1S/C25H22ClN3O3/c26-21-9-7-15(12-20(21)24(30)28-14-16-4-3-11-27-16)23-10-8-17(32-23)13-19-18-5-1-2-6-22(18)29-25(19)31/h1-2,5-10,12-13,16,27H,3-4,11,14H2,(H,28,30)(H,29,31). The molecular weight excluding hydrogens is 426 g/mol. The zero-order chi connectivity index (χ0) is 22.1. The first-order valence-corrected chi connectivity index (χ1v) is 11.0. The fourth-order valence-corrected chi connectivity index (χ4v) is 4.31. The summed E-state index contributed by atoms with van der Waals surface area (Å²) in [6.07, 6.45) is 3.91. The number of halogens is 1. The molecule has 3 heterocycles. The number of nitrogens with one attached hydrogen (secondary N) is 3. The molecule has 3 aromatic rings. The number of hydrogen-bond acceptors (Lipinski definition) is 4. The fraction of sp³-hybridized carbons (Fsp3) is 0.200. The lowest BCUT2D eigenvalue weighted by Crippen LogP contribution is -2.37. The summed E-state index contributed by atoms with van der Waals surface area (Å²) in [6.45, 7) is 1.56. The maximum atomic E-state index is 12.7. The van der Waals surface area contributed by atoms with E-state index in [1.54, 1.807) is 24.3 Å². The van der Waals surface area contributed by atoms with Crippen molar-refractivity contribution in [1.82, 2.24) is 10.6 Å². The fourth-order valence-electron chi connectivity index (χ4n) is 4.10. The zero-order valence-corrected chi connectivity index (χ0v) is 18.0. The Morgan fingerprint density at radius 2 is 2.06 bits per heavy atom. The van der Waals surface area contributed by atoms with E-state index in [-0.39, 0.29) is 11.8 Å². The van der Waals surface area contributed by atoms with Gasteiger partial charge in [0.2, 0.25) is 0 Å². The molecule has 0 bridgehead atoms. The van der Waals surface area contributed by atoms with Crippen molar-refractivity contribution in [2.75, 3.05) is 18.4 Å². The molecule has 0 saturated carbocycles. The number of fused-ring (bicyclic) bond motifs is 1. The average Bonchev–Trinajstić information content (AvgIpc) is 3.54. The van der Waals surface area contributed by atoms with Gasteiger partial charge >= 0.3 is 0 Å². The Balaban J connectivity index is 1.37. The van der Waals surface area contributed by atoms with Crippen molar-refractivity contribution in [3.05, 3.63) is 76.5 Å². The van der Waals surface area contributed by atoms with Gasteiger partial charge in [0.1, 0.15) is 11.5 Å². The third kappa shape index (κ3) is 4.07. The molecule has 0 spiro atoms. The first kappa shape index (κ1) is 20.5. The number of amides is 2. The lowest BCUT2D eigenvalue weighted by molar-refractivity contribution is -0.110. The Kier molecular flexibility index (Phi) is 5.55. The maximum Gasteiger partial charge on any atom is 0.256 e. The smallest absolute Gasteiger partial charge is 0.256 e. The van der Waals surface area contributed by atoms with Gasteiger partial charge < -0.3 is 20.4 Å². The van der Waals surface area contributed by atoms with E-state index in [1.165, 1.54) is 0 Å². The highest BCUT2D eigenvalue weighted by molar-refractivity contribution is 6.35. The highest BCUT2D eigenvalue weighted by Crippen LogP contribution is 2.34. The summed E-state index contributed by atoms with van der Waals surface area (Å²) in [4.78, 5) is 25.0. The lowest BCUT2D eigenvalue weighted by Gasteiger charge is -2.12. The van der Waals surface area contributed by atoms with E-state index in [0.29, 0.717) is 40.3 Å². The number of carbonyl (C=O) groups is 2. The van der Waals surface area contributed by atoms with Crippen molar-refractivity contribution in [1.29, 1.82) is 0 Å². The molecule has 6 nitrogen and oxygen atoms in total. The number of carbonyl (C=O) groups excluding carboxylic acids is 2. The van der Waals surface area contributed by atoms with E-state index in [4.69, 9.17) is 16.0 Å². The molecule has 32 heavy (non-hydrogen) atoms. The van der Waals surface area contributed by atoms with Gasteiger partial charge in [-0.3, -0.25) is 9.59 Å². The Labute approximate surface area is 190 Å². The van der Waals surface area contributed by atoms with E-state index in [1.807, 2.05) is 36.4 Å². The first-order valence-electron chi connectivity index (χ1n) is 10.6. The van der Waals surface area contributed by atoms with Crippen LogP contribution in [0.5, 0.6) is 0 Å². The molecule has 2 amide bonds. The molecule has 1 atom stereocenters. The van der Waals surface area contributed by atoms with Crippen LogP contribution in [-0.2, 0) is 4.79 Å². The van der Waals surface area contributed by atoms with E-state index in [2.05, 4.69) is 16.0 Å². The van der Waals surface area contributed by atoms with Crippen LogP contribution in [0.1, 0.15) is 34.5 Å². The van der Waals surface area contributed by atoms with Gasteiger partial charge in [-0.05, 0) is 61.9 Å². The van der Waals surface area contributed by atoms with Crippen molar-refractivity contribution in [2.24, 2.45) is 0 Å². The summed E-state index contributed by atoms with van der Waals surface area (Å²) in [6, 6.07) is 16.7. The molecule has 1 saturated heterocycles. The highest BCUT2D eigenvalue weighted by atomic mass is 35.5. The molecule has 1 aromatic heterocycles. The van der Waals surface area contributed by atoms with Gasteiger partial charge in [0, 0.05) is 29.4 Å². The summed E-state index contributed by atoms with van der Waals surface area (Å²) in [5.74, 6) is 0.770. The monoisotopic (exact) mass is 447 g/mol. The highest BCUT2D eigenvalue weighted by Gasteiger charge is 2.24. The van der Waals surface area contributed by atoms with Crippen LogP contribution in [0.2, 0.25) is 5.02 Å². The first-order chi connectivity index (χ1) is 15.6. The third-order valence-corrected chi connectivity index (χ3v) is 6.12. The second-order valence-corrected chi connectivity index (χ2v) is 8.36. The largest absolute Gasteiger partial charge is 0.457 e. The summed E-state index contributed by atoms with van der Waals surface area (Å²) in [5, 5.41) is 9.56. The minimum absolute atomic E-state index is 0.161. The summed E-state index contributed by atoms with van der Waals surface area (Å²) in [5.41, 5.74) is 3.33. The van der Waals surface area contributed by atoms with E-state index in [0.717, 1.165) is 36.2 Å². The van der Waals surface area contributed by atoms with Crippen LogP contribution in [0.15, 0.2) is 59.0 Å². The van der Waals surface area contributed by atoms with Crippen LogP contribution in [0.3, 0.4) is 0 Å². The molecule has 7 heteroatoms. The molecule has 2 aliphatic heterocycles. The van der Waals surface area contributed by atoms with E-state index in [9.17, 15) is 9.59 Å². The molecule has 5 rings (SSSR count). The minimum Gasteiger partial charge on any atom is -0.457 e. The Morgan fingerprint density at radius 3 is 2.91 bits per heavy atom. The molecule has 1 fully saturated rings. The number of anilines is 1.